The van der Waals surface area contributed by atoms with Crippen LogP contribution >= 0.6 is 69.1 Å². The summed E-state index contributed by atoms with van der Waals surface area (Å²) in [5.74, 6) is -1.14. The smallest absolute Gasteiger partial charge is 0.304 e. The van der Waals surface area contributed by atoms with Crippen LogP contribution in [0.1, 0.15) is 37.1 Å². The summed E-state index contributed by atoms with van der Waals surface area (Å²) < 4.78 is 80.4. The number of unbranched alkanes of at least 4 members (excludes halogenated alkanes) is 2. The molecule has 56 heavy (non-hydrogen) atoms. The van der Waals surface area contributed by atoms with Crippen LogP contribution < -0.4 is 0 Å². The first-order valence-electron chi connectivity index (χ1n) is 16.9. The van der Waals surface area contributed by atoms with Crippen molar-refractivity contribution < 1.29 is 30.6 Å². The maximum atomic E-state index is 15.8. The largest absolute Gasteiger partial charge is 0.451 e. The van der Waals surface area contributed by atoms with Gasteiger partial charge in [0.25, 0.3) is 0 Å². The third kappa shape index (κ3) is 7.40. The van der Waals surface area contributed by atoms with Crippen molar-refractivity contribution in [2.45, 2.75) is 29.9 Å². The number of benzene rings is 2. The molecule has 0 aliphatic rings. The molecule has 6 heterocycles. The number of furan rings is 2. The summed E-state index contributed by atoms with van der Waals surface area (Å²) in [4.78, 5) is 2.08. The lowest BCUT2D eigenvalue weighted by molar-refractivity contribution is 0.326. The zero-order chi connectivity index (χ0) is 39.5. The number of nitrogens with zero attached hydrogens (tertiary/aromatic N) is 5. The van der Waals surface area contributed by atoms with E-state index in [1.165, 1.54) is 40.3 Å². The highest BCUT2D eigenvalue weighted by Gasteiger charge is 2.28. The van der Waals surface area contributed by atoms with Crippen LogP contribution in [0.2, 0.25) is 20.1 Å². The molecule has 0 bridgehead atoms. The molecule has 2 aromatic carbocycles. The third-order valence-corrected chi connectivity index (χ3v) is 13.4. The van der Waals surface area contributed by atoms with Gasteiger partial charge in [0.2, 0.25) is 0 Å². The van der Waals surface area contributed by atoms with Crippen LogP contribution in [0.15, 0.2) is 79.1 Å². The number of fused-ring (bicyclic) bond motifs is 6. The second kappa shape index (κ2) is 15.5. The molecule has 8 rings (SSSR count). The minimum Gasteiger partial charge on any atom is -0.451 e. The van der Waals surface area contributed by atoms with Gasteiger partial charge in [-0.15, -0.1) is 22.7 Å². The fraction of sp³-hybridized carbons (Fsp3) is 0.189. The first-order chi connectivity index (χ1) is 26.8. The summed E-state index contributed by atoms with van der Waals surface area (Å²) >= 11 is 27.4. The maximum Gasteiger partial charge on any atom is 0.304 e. The molecule has 0 aliphatic heterocycles. The first kappa shape index (κ1) is 39.1. The van der Waals surface area contributed by atoms with Crippen molar-refractivity contribution in [2.75, 3.05) is 20.1 Å². The molecule has 10 nitrogen and oxygen atoms in total. The van der Waals surface area contributed by atoms with Crippen LogP contribution in [0.4, 0.5) is 8.78 Å². The van der Waals surface area contributed by atoms with E-state index in [4.69, 9.17) is 55.2 Å². The van der Waals surface area contributed by atoms with E-state index < -0.39 is 21.8 Å². The Morgan fingerprint density at radius 1 is 0.804 bits per heavy atom. The standard InChI is InChI=1S/C37H27Cl4F2N5O5S3/c1-46(13-4-2-6-23(42)30-34-32(36-27(52-34)12-15-54-36)47(44-30)25-10-8-19(38)16-21(25)40)14-5-3-7-24(43)31-35-33(37-28(53-35)18-29(55-37)56(49,50)51)48(45-31)26-11-9-20(39)17-22(26)41/h6-12,15-18H,2-5,13-14H2,1H3,(H,49,50,51). The Kier molecular flexibility index (Phi) is 10.8. The Bertz CT molecular complexity index is 2980. The molecule has 0 fully saturated rings. The van der Waals surface area contributed by atoms with E-state index in [1.807, 2.05) is 18.5 Å². The Morgan fingerprint density at radius 2 is 1.32 bits per heavy atom. The molecule has 8 aromatic rings. The van der Waals surface area contributed by atoms with Gasteiger partial charge in [-0.2, -0.15) is 18.6 Å². The highest BCUT2D eigenvalue weighted by Crippen LogP contribution is 2.43. The average Bonchev–Trinajstić information content (AvgIpc) is 3.97. The van der Waals surface area contributed by atoms with Gasteiger partial charge < -0.3 is 13.7 Å². The number of hydrogen-bond donors (Lipinski definition) is 1. The molecule has 0 saturated heterocycles. The molecule has 1 N–H and O–H groups in total. The van der Waals surface area contributed by atoms with E-state index in [1.54, 1.807) is 35.0 Å². The normalized spacial score (nSPS) is 13.2. The zero-order valence-electron chi connectivity index (χ0n) is 28.9. The number of aromatic nitrogens is 4. The molecule has 0 radical (unpaired) electrons. The van der Waals surface area contributed by atoms with E-state index >= 15 is 8.78 Å². The van der Waals surface area contributed by atoms with E-state index in [-0.39, 0.29) is 31.8 Å². The molecule has 0 saturated carbocycles. The van der Waals surface area contributed by atoms with Gasteiger partial charge in [-0.1, -0.05) is 46.4 Å². The predicted octanol–water partition coefficient (Wildman–Crippen LogP) is 12.7. The van der Waals surface area contributed by atoms with Gasteiger partial charge in [0.1, 0.15) is 26.9 Å². The van der Waals surface area contributed by atoms with Crippen molar-refractivity contribution >= 4 is 134 Å². The summed E-state index contributed by atoms with van der Waals surface area (Å²) in [6, 6.07) is 12.7. The first-order valence-corrected chi connectivity index (χ1v) is 21.6. The lowest BCUT2D eigenvalue weighted by Crippen LogP contribution is -2.20. The lowest BCUT2D eigenvalue weighted by Gasteiger charge is -2.15. The van der Waals surface area contributed by atoms with Crippen molar-refractivity contribution in [1.29, 1.82) is 0 Å². The summed E-state index contributed by atoms with van der Waals surface area (Å²) in [5.41, 5.74) is 3.06. The molecule has 0 spiro atoms. The second-order valence-corrected chi connectivity index (χ2v) is 18.1. The van der Waals surface area contributed by atoms with Gasteiger partial charge in [-0.3, -0.25) is 4.55 Å². The van der Waals surface area contributed by atoms with Crippen LogP contribution in [0.5, 0.6) is 0 Å². The Balaban J connectivity index is 0.925. The average molecular weight is 898 g/mol. The van der Waals surface area contributed by atoms with E-state index in [0.29, 0.717) is 92.1 Å². The van der Waals surface area contributed by atoms with E-state index in [2.05, 4.69) is 15.1 Å². The lowest BCUT2D eigenvalue weighted by atomic mass is 10.2. The monoisotopic (exact) mass is 895 g/mol. The number of thiophene rings is 2. The maximum absolute atomic E-state index is 15.8. The molecule has 0 aliphatic carbocycles. The van der Waals surface area contributed by atoms with Gasteiger partial charge in [-0.05, 0) is 106 Å². The van der Waals surface area contributed by atoms with Crippen molar-refractivity contribution in [3.63, 3.8) is 0 Å². The molecular weight excluding hydrogens is 870 g/mol. The Labute approximate surface area is 345 Å². The number of rotatable bonds is 13. The Morgan fingerprint density at radius 3 is 1.84 bits per heavy atom. The highest BCUT2D eigenvalue weighted by atomic mass is 35.5. The van der Waals surface area contributed by atoms with Crippen LogP contribution in [0.3, 0.4) is 0 Å². The molecular formula is C37H27Cl4F2N5O5S3. The molecule has 0 atom stereocenters. The number of halogens is 6. The van der Waals surface area contributed by atoms with Gasteiger partial charge in [0.05, 0.1) is 26.1 Å². The van der Waals surface area contributed by atoms with Gasteiger partial charge in [0.15, 0.2) is 38.4 Å². The van der Waals surface area contributed by atoms with Crippen molar-refractivity contribution in [3.8, 4) is 11.4 Å². The quantitative estimate of drug-likeness (QED) is 0.0897. The number of hydrogen-bond acceptors (Lipinski definition) is 9. The zero-order valence-corrected chi connectivity index (χ0v) is 34.4. The fourth-order valence-corrected chi connectivity index (χ4v) is 9.94. The molecule has 19 heteroatoms. The summed E-state index contributed by atoms with van der Waals surface area (Å²) in [6.07, 6.45) is 5.00. The van der Waals surface area contributed by atoms with Gasteiger partial charge in [0, 0.05) is 16.1 Å². The van der Waals surface area contributed by atoms with Crippen molar-refractivity contribution in [3.05, 3.63) is 97.5 Å². The minimum absolute atomic E-state index is 0.0854. The minimum atomic E-state index is -4.51. The van der Waals surface area contributed by atoms with Crippen molar-refractivity contribution in [1.82, 2.24) is 24.5 Å². The Hall–Kier alpha value is -3.77. The fourth-order valence-electron chi connectivity index (χ4n) is 6.34. The molecule has 290 valence electrons. The molecule has 0 amide bonds. The van der Waals surface area contributed by atoms with Gasteiger partial charge in [-0.25, -0.2) is 18.1 Å². The highest BCUT2D eigenvalue weighted by molar-refractivity contribution is 7.88. The summed E-state index contributed by atoms with van der Waals surface area (Å²) in [7, 11) is -2.57. The summed E-state index contributed by atoms with van der Waals surface area (Å²) in [5, 5.41) is 12.4. The van der Waals surface area contributed by atoms with Gasteiger partial charge >= 0.3 is 10.1 Å². The van der Waals surface area contributed by atoms with Crippen LogP contribution in [0, 0.1) is 0 Å². The van der Waals surface area contributed by atoms with E-state index in [0.717, 1.165) is 16.0 Å². The topological polar surface area (TPSA) is 120 Å². The second-order valence-electron chi connectivity index (χ2n) is 12.8. The van der Waals surface area contributed by atoms with Crippen LogP contribution in [0.25, 0.3) is 65.8 Å². The van der Waals surface area contributed by atoms with E-state index in [9.17, 15) is 13.0 Å². The van der Waals surface area contributed by atoms with Crippen LogP contribution in [-0.2, 0) is 10.1 Å². The SMILES string of the molecule is CN(CCCC=C(F)c1nn(-c2ccc(Cl)cc2Cl)c2c1oc1ccsc12)CCCC=C(F)c1nn(-c2ccc(Cl)cc2Cl)c2c1oc1cc(S(=O)(=O)O)sc12. The third-order valence-electron chi connectivity index (χ3n) is 8.96. The molecule has 6 aromatic heterocycles. The predicted molar refractivity (Wildman–Crippen MR) is 221 cm³/mol. The van der Waals surface area contributed by atoms with Crippen LogP contribution in [-0.4, -0.2) is 57.6 Å². The number of allylic oxidation sites excluding steroid dienone is 2. The molecule has 0 unspecified atom stereocenters. The summed E-state index contributed by atoms with van der Waals surface area (Å²) in [6.45, 7) is 1.31. The van der Waals surface area contributed by atoms with Crippen molar-refractivity contribution in [2.24, 2.45) is 0 Å².